The Morgan fingerprint density at radius 3 is 1.21 bits per heavy atom. The molecule has 0 aliphatic rings. The van der Waals surface area contributed by atoms with Crippen molar-refractivity contribution in [2.24, 2.45) is 48.0 Å². The molecule has 0 fully saturated rings. The van der Waals surface area contributed by atoms with Crippen molar-refractivity contribution in [1.29, 1.82) is 0 Å². The summed E-state index contributed by atoms with van der Waals surface area (Å²) in [6, 6.07) is 31.0. The number of ether oxygens (including phenoxy) is 6. The Labute approximate surface area is 668 Å². The van der Waals surface area contributed by atoms with E-state index in [1.807, 2.05) is 57.5 Å². The maximum atomic E-state index is 13.8. The van der Waals surface area contributed by atoms with E-state index in [-0.39, 0.29) is 23.1 Å². The summed E-state index contributed by atoms with van der Waals surface area (Å²) in [6.07, 6.45) is 8.83. The molecular formula is C78H77ClF4N28O6. The molecule has 117 heavy (non-hydrogen) atoms. The highest BCUT2D eigenvalue weighted by Gasteiger charge is 2.24. The molecule has 0 bridgehead atoms. The van der Waals surface area contributed by atoms with Crippen LogP contribution in [0.15, 0.2) is 153 Å². The average molecular weight is 1610 g/mol. The second-order valence-corrected chi connectivity index (χ2v) is 25.7. The van der Waals surface area contributed by atoms with Gasteiger partial charge in [0.1, 0.15) is 124 Å². The molecule has 0 saturated carbocycles. The van der Waals surface area contributed by atoms with Crippen LogP contribution in [-0.2, 0) is 48.8 Å². The van der Waals surface area contributed by atoms with E-state index in [4.69, 9.17) is 74.4 Å². The Bertz CT molecular complexity index is 6340. The van der Waals surface area contributed by atoms with E-state index < -0.39 is 11.6 Å². The first-order chi connectivity index (χ1) is 56.3. The Hall–Kier alpha value is -15.0. The van der Waals surface area contributed by atoms with E-state index in [0.717, 1.165) is 39.2 Å². The lowest BCUT2D eigenvalue weighted by Crippen LogP contribution is -1.98. The fraction of sp³-hybridized carbons (Fsp3) is 0.179. The summed E-state index contributed by atoms with van der Waals surface area (Å²) >= 11 is 6.10. The minimum atomic E-state index is -0.430. The zero-order valence-electron chi connectivity index (χ0n) is 65.0. The molecule has 0 aliphatic carbocycles. The van der Waals surface area contributed by atoms with E-state index in [2.05, 4.69) is 80.4 Å². The quantitative estimate of drug-likeness (QED) is 0.0551. The normalized spacial score (nSPS) is 10.9. The maximum absolute atomic E-state index is 13.8. The van der Waals surface area contributed by atoms with Gasteiger partial charge in [0.15, 0.2) is 51.4 Å². The number of hydrogen-bond acceptors (Lipinski definition) is 28. The van der Waals surface area contributed by atoms with Gasteiger partial charge in [0.2, 0.25) is 0 Å². The lowest BCUT2D eigenvalue weighted by atomic mass is 10.1. The Balaban J connectivity index is 0.000000129. The smallest absolute Gasteiger partial charge is 0.165 e. The van der Waals surface area contributed by atoms with Gasteiger partial charge in [0.05, 0.1) is 74.8 Å². The molecule has 0 aliphatic heterocycles. The third-order valence-corrected chi connectivity index (χ3v) is 18.1. The van der Waals surface area contributed by atoms with Crippen LogP contribution < -0.4 is 62.8 Å². The van der Waals surface area contributed by atoms with Crippen LogP contribution in [0.3, 0.4) is 0 Å². The summed E-state index contributed by atoms with van der Waals surface area (Å²) in [6.45, 7) is 2.63. The second kappa shape index (κ2) is 35.4. The molecule has 0 saturated heterocycles. The third kappa shape index (κ3) is 17.3. The van der Waals surface area contributed by atoms with Gasteiger partial charge in [0, 0.05) is 111 Å². The predicted molar refractivity (Wildman–Crippen MR) is 436 cm³/mol. The number of hydrogen-bond donors (Lipinski definition) is 6. The van der Waals surface area contributed by atoms with Gasteiger partial charge in [0.25, 0.3) is 0 Å². The lowest BCUT2D eigenvalue weighted by Gasteiger charge is -2.06. The lowest BCUT2D eigenvalue weighted by molar-refractivity contribution is 0.321. The molecule has 0 atom stereocenters. The first-order valence-electron chi connectivity index (χ1n) is 35.1. The average Bonchev–Trinajstić information content (AvgIpc) is 1.66. The molecule has 6 aromatic carbocycles. The van der Waals surface area contributed by atoms with Crippen molar-refractivity contribution < 1.29 is 46.0 Å². The van der Waals surface area contributed by atoms with Gasteiger partial charge in [-0.05, 0) is 110 Å². The zero-order valence-corrected chi connectivity index (χ0v) is 65.7. The maximum Gasteiger partial charge on any atom is 0.165 e. The largest absolute Gasteiger partial charge is 0.497 e. The van der Waals surface area contributed by atoms with Gasteiger partial charge in [-0.15, -0.1) is 0 Å². The molecule has 0 spiro atoms. The highest BCUT2D eigenvalue weighted by atomic mass is 35.5. The summed E-state index contributed by atoms with van der Waals surface area (Å²) in [5.41, 5.74) is 47.5. The summed E-state index contributed by atoms with van der Waals surface area (Å²) < 4.78 is 94.8. The summed E-state index contributed by atoms with van der Waals surface area (Å²) in [5.74, 6) is 2.83. The number of nitrogen functional groups attached to an aromatic ring is 5. The van der Waals surface area contributed by atoms with E-state index >= 15 is 0 Å². The highest BCUT2D eigenvalue weighted by Crippen LogP contribution is 2.40. The van der Waals surface area contributed by atoms with Crippen molar-refractivity contribution >= 4 is 95.9 Å². The van der Waals surface area contributed by atoms with Crippen molar-refractivity contribution in [1.82, 2.24) is 109 Å². The first kappa shape index (κ1) is 81.5. The topological polar surface area (TPSA) is 447 Å². The predicted octanol–water partition coefficient (Wildman–Crippen LogP) is 11.3. The molecule has 17 rings (SSSR count). The number of methoxy groups -OCH3 is 5. The van der Waals surface area contributed by atoms with Crippen molar-refractivity contribution in [2.45, 2.75) is 13.5 Å². The van der Waals surface area contributed by atoms with Crippen molar-refractivity contribution in [3.63, 3.8) is 0 Å². The summed E-state index contributed by atoms with van der Waals surface area (Å²) in [5, 5.41) is 30.3. The van der Waals surface area contributed by atoms with Gasteiger partial charge in [-0.1, -0.05) is 11.6 Å². The molecule has 17 aromatic rings. The third-order valence-electron chi connectivity index (χ3n) is 17.8. The van der Waals surface area contributed by atoms with Gasteiger partial charge in [-0.2, -0.15) is 30.6 Å². The van der Waals surface area contributed by atoms with Crippen LogP contribution >= 0.6 is 11.6 Å². The van der Waals surface area contributed by atoms with Gasteiger partial charge < -0.3 is 62.8 Å². The highest BCUT2D eigenvalue weighted by molar-refractivity contribution is 6.31. The van der Waals surface area contributed by atoms with Crippen molar-refractivity contribution in [2.75, 3.05) is 70.8 Å². The molecule has 39 heteroatoms. The number of aromatic nitrogens is 22. The van der Waals surface area contributed by atoms with E-state index in [1.165, 1.54) is 89.4 Å². The molecule has 0 amide bonds. The standard InChI is InChI=1S/C13H12ClN5O.3C13H12FN5O.C13H16FN3O.C13H13N5O/c2*1-19-13-10(12(15)16-6-17-13)11(18-19)7-3-8(14)5-9(4-7)20-2;1-19-13-10(12(15)16-6-17-13)11(18-19)8-4-3-7(14)5-9(8)20-2;1-19-13-10(12(15)16-6-17-13)11(18-19)7-3-4-8(14)9(5-7)20-2;1-3-18-12-5-4-9(6-11(12)14)13-10(7-15)8-17(2)16-13;1-18-13-10(12(14)15-7-16-13)11(17-18)8-3-5-9(19-2)6-4-8/h4*3-6H,1-2H3,(H2,15,16,17);4-6,8H,3,7,15H2,1-2H3;3-7H,1-2H3,(H2,14,15,16). The molecule has 11 aromatic heterocycles. The fourth-order valence-corrected chi connectivity index (χ4v) is 12.7. The minimum Gasteiger partial charge on any atom is -0.497 e. The molecule has 12 N–H and O–H groups in total. The summed E-state index contributed by atoms with van der Waals surface area (Å²) in [4.78, 5) is 40.8. The number of halogens is 5. The molecule has 600 valence electrons. The minimum absolute atomic E-state index is 0.150. The van der Waals surface area contributed by atoms with E-state index in [9.17, 15) is 17.6 Å². The number of benzene rings is 6. The van der Waals surface area contributed by atoms with Crippen LogP contribution in [0.25, 0.3) is 123 Å². The Morgan fingerprint density at radius 2 is 0.761 bits per heavy atom. The molecule has 0 unspecified atom stereocenters. The van der Waals surface area contributed by atoms with Crippen LogP contribution in [0.1, 0.15) is 12.5 Å². The number of anilines is 5. The van der Waals surface area contributed by atoms with Gasteiger partial charge in [-0.25, -0.2) is 90.8 Å². The van der Waals surface area contributed by atoms with Crippen LogP contribution in [0.4, 0.5) is 46.7 Å². The van der Waals surface area contributed by atoms with Gasteiger partial charge in [-0.3, -0.25) is 4.68 Å². The van der Waals surface area contributed by atoms with Crippen LogP contribution in [-0.4, -0.2) is 151 Å². The van der Waals surface area contributed by atoms with Crippen LogP contribution in [0.5, 0.6) is 34.5 Å². The van der Waals surface area contributed by atoms with E-state index in [0.29, 0.717) is 159 Å². The SMILES string of the molecule is CCOc1ccc(-c2nn(C)cc2CN)cc1F.COc1cc(-c2nn(C)c3ncnc(N)c23)ccc1F.COc1cc(Cl)cc(-c2nn(C)c3ncnc(N)c23)c1.COc1cc(F)cc(-c2nn(C)c3ncnc(N)c23)c1.COc1cc(F)ccc1-c1nn(C)c2ncnc(N)c12.COc1ccc(-c2nn(C)c3ncnc(N)c23)cc1. The second-order valence-electron chi connectivity index (χ2n) is 25.3. The Kier molecular flexibility index (Phi) is 24.7. The molecular weight excluding hydrogens is 1540 g/mol. The number of rotatable bonds is 14. The number of aryl methyl sites for hydroxylation is 6. The molecule has 34 nitrogen and oxygen atoms in total. The molecule has 11 heterocycles. The first-order valence-corrected chi connectivity index (χ1v) is 35.5. The molecule has 0 radical (unpaired) electrons. The number of nitrogens with zero attached hydrogens (tertiary/aromatic N) is 22. The van der Waals surface area contributed by atoms with Crippen molar-refractivity contribution in [3.8, 4) is 102 Å². The number of nitrogens with two attached hydrogens (primary N) is 6. The van der Waals surface area contributed by atoms with Crippen molar-refractivity contribution in [3.05, 3.63) is 187 Å². The number of fused-ring (bicyclic) bond motifs is 5. The van der Waals surface area contributed by atoms with Crippen LogP contribution in [0.2, 0.25) is 5.02 Å². The summed E-state index contributed by atoms with van der Waals surface area (Å²) in [7, 11) is 18.3. The monoisotopic (exact) mass is 1610 g/mol. The van der Waals surface area contributed by atoms with Gasteiger partial charge >= 0.3 is 0 Å². The van der Waals surface area contributed by atoms with E-state index in [1.54, 1.807) is 119 Å². The fourth-order valence-electron chi connectivity index (χ4n) is 12.4. The Morgan fingerprint density at radius 1 is 0.350 bits per heavy atom. The zero-order chi connectivity index (χ0) is 83.6. The van der Waals surface area contributed by atoms with Crippen LogP contribution in [0, 0.1) is 23.3 Å².